The largest absolute Gasteiger partial charge is 0.356 e. The van der Waals surface area contributed by atoms with Crippen molar-refractivity contribution in [1.29, 1.82) is 5.26 Å². The number of halogens is 2. The van der Waals surface area contributed by atoms with E-state index in [0.717, 1.165) is 66.6 Å². The maximum absolute atomic E-state index is 13.9. The number of rotatable bonds is 5. The molecular weight excluding hydrogens is 468 g/mol. The van der Waals surface area contributed by atoms with Crippen LogP contribution in [-0.4, -0.2) is 39.7 Å². The van der Waals surface area contributed by atoms with E-state index in [0.29, 0.717) is 27.7 Å². The molecule has 5 rings (SSSR count). The van der Waals surface area contributed by atoms with Crippen molar-refractivity contribution in [1.82, 2.24) is 19.6 Å². The van der Waals surface area contributed by atoms with E-state index in [4.69, 9.17) is 10.1 Å². The van der Waals surface area contributed by atoms with E-state index < -0.39 is 11.6 Å². The molecule has 4 aromatic rings. The number of nitriles is 1. The molecule has 1 aliphatic rings. The van der Waals surface area contributed by atoms with Crippen molar-refractivity contribution in [2.75, 3.05) is 29.9 Å². The normalized spacial score (nSPS) is 13.9. The summed E-state index contributed by atoms with van der Waals surface area (Å²) in [6.07, 6.45) is 4.24. The summed E-state index contributed by atoms with van der Waals surface area (Å²) in [4.78, 5) is 14.2. The van der Waals surface area contributed by atoms with Crippen molar-refractivity contribution in [3.63, 3.8) is 0 Å². The number of nitrogens with zero attached hydrogens (tertiary/aromatic N) is 7. The Morgan fingerprint density at radius 2 is 1.89 bits per heavy atom. The molecule has 3 aromatic heterocycles. The summed E-state index contributed by atoms with van der Waals surface area (Å²) >= 11 is 1.20. The molecule has 0 amide bonds. The van der Waals surface area contributed by atoms with Crippen molar-refractivity contribution in [2.45, 2.75) is 39.5 Å². The van der Waals surface area contributed by atoms with Crippen LogP contribution in [-0.2, 0) is 6.42 Å². The van der Waals surface area contributed by atoms with Crippen molar-refractivity contribution in [3.05, 3.63) is 52.2 Å². The van der Waals surface area contributed by atoms with Gasteiger partial charge in [0.1, 0.15) is 28.1 Å². The van der Waals surface area contributed by atoms with Gasteiger partial charge in [-0.25, -0.2) is 23.3 Å². The molecule has 7 nitrogen and oxygen atoms in total. The van der Waals surface area contributed by atoms with E-state index in [1.807, 2.05) is 30.3 Å². The Morgan fingerprint density at radius 3 is 2.57 bits per heavy atom. The number of hydrogen-bond acceptors (Lipinski definition) is 7. The summed E-state index contributed by atoms with van der Waals surface area (Å²) < 4.78 is 29.2. The van der Waals surface area contributed by atoms with Gasteiger partial charge in [-0.15, -0.1) is 0 Å². The van der Waals surface area contributed by atoms with Gasteiger partial charge in [0.25, 0.3) is 0 Å². The Morgan fingerprint density at radius 1 is 1.11 bits per heavy atom. The van der Waals surface area contributed by atoms with Gasteiger partial charge < -0.3 is 9.80 Å². The molecule has 0 saturated carbocycles. The molecule has 0 N–H and O–H groups in total. The zero-order chi connectivity index (χ0) is 24.7. The van der Waals surface area contributed by atoms with Gasteiger partial charge in [0, 0.05) is 37.5 Å². The number of anilines is 3. The molecule has 0 spiro atoms. The van der Waals surface area contributed by atoms with Crippen LogP contribution in [0.5, 0.6) is 0 Å². The zero-order valence-electron chi connectivity index (χ0n) is 19.8. The molecule has 4 heterocycles. The van der Waals surface area contributed by atoms with Crippen LogP contribution >= 0.6 is 11.3 Å². The van der Waals surface area contributed by atoms with Crippen LogP contribution in [0.4, 0.5) is 25.4 Å². The highest BCUT2D eigenvalue weighted by Gasteiger charge is 2.25. The van der Waals surface area contributed by atoms with E-state index in [-0.39, 0.29) is 0 Å². The fraction of sp³-hybridized carbons (Fsp3) is 0.360. The third-order valence-electron chi connectivity index (χ3n) is 6.35. The van der Waals surface area contributed by atoms with Gasteiger partial charge in [-0.2, -0.15) is 10.4 Å². The van der Waals surface area contributed by atoms with Gasteiger partial charge in [0.2, 0.25) is 0 Å². The fourth-order valence-corrected chi connectivity index (χ4v) is 5.36. The quantitative estimate of drug-likeness (QED) is 0.359. The minimum Gasteiger partial charge on any atom is -0.356 e. The van der Waals surface area contributed by atoms with Crippen LogP contribution in [0.3, 0.4) is 0 Å². The lowest BCUT2D eigenvalue weighted by Gasteiger charge is -2.28. The summed E-state index contributed by atoms with van der Waals surface area (Å²) in [5.41, 5.74) is 4.09. The van der Waals surface area contributed by atoms with Crippen LogP contribution in [0.25, 0.3) is 16.9 Å². The Bertz CT molecular complexity index is 1450. The molecule has 1 fully saturated rings. The number of aryl methyl sites for hydroxylation is 2. The highest BCUT2D eigenvalue weighted by molar-refractivity contribution is 7.16. The van der Waals surface area contributed by atoms with Gasteiger partial charge in [-0.3, -0.25) is 0 Å². The second-order valence-corrected chi connectivity index (χ2v) is 9.64. The number of thiazole rings is 1. The second-order valence-electron chi connectivity index (χ2n) is 8.66. The Kier molecular flexibility index (Phi) is 6.11. The van der Waals surface area contributed by atoms with Crippen molar-refractivity contribution >= 4 is 33.6 Å². The SMILES string of the molecule is CCc1nn2c(C)cc(N3CCCCC3)nc2c1N(C)c1nc(-c2ccc(F)c(F)c2)c(C#N)s1. The molecular formula is C25H25F2N7S. The number of fused-ring (bicyclic) bond motifs is 1. The molecule has 0 unspecified atom stereocenters. The van der Waals surface area contributed by atoms with E-state index in [2.05, 4.69) is 22.0 Å². The lowest BCUT2D eigenvalue weighted by molar-refractivity contribution is 0.509. The molecule has 10 heteroatoms. The average molecular weight is 494 g/mol. The lowest BCUT2D eigenvalue weighted by Crippen LogP contribution is -2.30. The summed E-state index contributed by atoms with van der Waals surface area (Å²) in [6, 6.07) is 7.77. The Labute approximate surface area is 206 Å². The van der Waals surface area contributed by atoms with Crippen molar-refractivity contribution < 1.29 is 8.78 Å². The molecule has 0 radical (unpaired) electrons. The van der Waals surface area contributed by atoms with E-state index in [9.17, 15) is 14.0 Å². The van der Waals surface area contributed by atoms with Crippen molar-refractivity contribution in [3.8, 4) is 17.3 Å². The van der Waals surface area contributed by atoms with Crippen molar-refractivity contribution in [2.24, 2.45) is 0 Å². The fourth-order valence-electron chi connectivity index (χ4n) is 4.51. The number of piperidine rings is 1. The smallest absolute Gasteiger partial charge is 0.191 e. The number of benzene rings is 1. The van der Waals surface area contributed by atoms with Gasteiger partial charge >= 0.3 is 0 Å². The molecule has 35 heavy (non-hydrogen) atoms. The van der Waals surface area contributed by atoms with Crippen LogP contribution in [0.1, 0.15) is 42.5 Å². The first-order valence-corrected chi connectivity index (χ1v) is 12.5. The Hall–Kier alpha value is -3.58. The van der Waals surface area contributed by atoms with Gasteiger partial charge in [-0.1, -0.05) is 18.3 Å². The first-order valence-electron chi connectivity index (χ1n) is 11.7. The summed E-state index contributed by atoms with van der Waals surface area (Å²) in [6.45, 7) is 6.03. The monoisotopic (exact) mass is 493 g/mol. The summed E-state index contributed by atoms with van der Waals surface area (Å²) in [5.74, 6) is -0.980. The lowest BCUT2D eigenvalue weighted by atomic mass is 10.1. The minimum atomic E-state index is -0.977. The molecule has 0 bridgehead atoms. The van der Waals surface area contributed by atoms with Crippen LogP contribution in [0.2, 0.25) is 0 Å². The van der Waals surface area contributed by atoms with Crippen LogP contribution in [0, 0.1) is 29.9 Å². The third kappa shape index (κ3) is 4.10. The predicted octanol–water partition coefficient (Wildman–Crippen LogP) is 5.63. The molecule has 0 aliphatic carbocycles. The third-order valence-corrected chi connectivity index (χ3v) is 7.38. The van der Waals surface area contributed by atoms with E-state index in [1.54, 1.807) is 0 Å². The first-order chi connectivity index (χ1) is 16.9. The standard InChI is InChI=1S/C25H25F2N7S/c1-4-19-23(24-29-21(12-15(2)34(24)31-19)33-10-6-5-7-11-33)32(3)25-30-22(20(14-28)35-25)16-8-9-17(26)18(27)13-16/h8-9,12-13H,4-7,10-11H2,1-3H3. The van der Waals surface area contributed by atoms with Crippen LogP contribution in [0.15, 0.2) is 24.3 Å². The maximum atomic E-state index is 13.9. The summed E-state index contributed by atoms with van der Waals surface area (Å²) in [7, 11) is 1.87. The molecule has 1 aliphatic heterocycles. The second kappa shape index (κ2) is 9.23. The van der Waals surface area contributed by atoms with E-state index in [1.165, 1.54) is 23.8 Å². The number of hydrogen-bond donors (Lipinski definition) is 0. The highest BCUT2D eigenvalue weighted by atomic mass is 32.1. The average Bonchev–Trinajstić information content (AvgIpc) is 3.48. The van der Waals surface area contributed by atoms with Crippen LogP contribution < -0.4 is 9.80 Å². The van der Waals surface area contributed by atoms with Gasteiger partial charge in [0.05, 0.1) is 5.69 Å². The molecule has 0 atom stereocenters. The zero-order valence-corrected chi connectivity index (χ0v) is 20.7. The highest BCUT2D eigenvalue weighted by Crippen LogP contribution is 2.38. The van der Waals surface area contributed by atoms with E-state index >= 15 is 0 Å². The van der Waals surface area contributed by atoms with Gasteiger partial charge in [0.15, 0.2) is 22.4 Å². The molecule has 1 aromatic carbocycles. The Balaban J connectivity index is 1.62. The predicted molar refractivity (Wildman–Crippen MR) is 133 cm³/mol. The molecule has 1 saturated heterocycles. The molecule has 180 valence electrons. The minimum absolute atomic E-state index is 0.325. The topological polar surface area (TPSA) is 73.3 Å². The number of aromatic nitrogens is 4. The summed E-state index contributed by atoms with van der Waals surface area (Å²) in [5, 5.41) is 15.1. The maximum Gasteiger partial charge on any atom is 0.191 e. The first kappa shape index (κ1) is 23.2. The van der Waals surface area contributed by atoms with Gasteiger partial charge in [-0.05, 0) is 50.8 Å².